The number of ether oxygens (including phenoxy) is 1. The van der Waals surface area contributed by atoms with Gasteiger partial charge in [-0.25, -0.2) is 13.6 Å². The van der Waals surface area contributed by atoms with E-state index in [1.807, 2.05) is 24.3 Å². The first-order valence-electron chi connectivity index (χ1n) is 12.3. The Bertz CT molecular complexity index is 936. The van der Waals surface area contributed by atoms with Gasteiger partial charge >= 0.3 is 6.03 Å². The van der Waals surface area contributed by atoms with E-state index in [1.165, 1.54) is 12.1 Å². The predicted octanol–water partition coefficient (Wildman–Crippen LogP) is 5.15. The number of alkyl halides is 1. The van der Waals surface area contributed by atoms with E-state index < -0.39 is 12.2 Å². The van der Waals surface area contributed by atoms with Gasteiger partial charge < -0.3 is 15.0 Å². The fourth-order valence-corrected chi connectivity index (χ4v) is 4.87. The lowest BCUT2D eigenvalue weighted by atomic mass is 9.94. The molecule has 7 heteroatoms. The summed E-state index contributed by atoms with van der Waals surface area (Å²) in [6.07, 6.45) is 1.68. The molecule has 2 fully saturated rings. The second-order valence-electron chi connectivity index (χ2n) is 9.87. The molecule has 0 aromatic heterocycles. The molecular weight excluding hydrogens is 436 g/mol. The molecule has 2 amide bonds. The van der Waals surface area contributed by atoms with Crippen molar-refractivity contribution >= 4 is 6.03 Å². The first kappa shape index (κ1) is 24.5. The van der Waals surface area contributed by atoms with Crippen LogP contribution in [0.3, 0.4) is 0 Å². The molecule has 2 saturated heterocycles. The minimum Gasteiger partial charge on any atom is -0.493 e. The highest BCUT2D eigenvalue weighted by Crippen LogP contribution is 2.32. The van der Waals surface area contributed by atoms with Crippen molar-refractivity contribution in [2.75, 3.05) is 19.7 Å². The number of halogens is 2. The zero-order chi connectivity index (χ0) is 24.1. The van der Waals surface area contributed by atoms with Gasteiger partial charge in [-0.3, -0.25) is 4.90 Å². The summed E-state index contributed by atoms with van der Waals surface area (Å²) in [5.74, 6) is 0.899. The van der Waals surface area contributed by atoms with E-state index in [-0.39, 0.29) is 18.4 Å². The van der Waals surface area contributed by atoms with E-state index in [2.05, 4.69) is 24.1 Å². The number of amides is 2. The molecule has 0 saturated carbocycles. The van der Waals surface area contributed by atoms with Gasteiger partial charge in [0.25, 0.3) is 0 Å². The van der Waals surface area contributed by atoms with Crippen LogP contribution in [0.5, 0.6) is 5.75 Å². The Morgan fingerprint density at radius 3 is 2.56 bits per heavy atom. The van der Waals surface area contributed by atoms with Crippen molar-refractivity contribution in [3.63, 3.8) is 0 Å². The van der Waals surface area contributed by atoms with Crippen LogP contribution in [0.15, 0.2) is 48.5 Å². The molecule has 0 spiro atoms. The highest BCUT2D eigenvalue weighted by atomic mass is 19.1. The van der Waals surface area contributed by atoms with Gasteiger partial charge in [0.05, 0.1) is 12.6 Å². The zero-order valence-corrected chi connectivity index (χ0v) is 20.1. The third-order valence-electron chi connectivity index (χ3n) is 6.72. The second-order valence-corrected chi connectivity index (χ2v) is 9.87. The molecule has 184 valence electrons. The number of carbonyl (C=O) groups excluding carboxylic acids is 1. The van der Waals surface area contributed by atoms with Gasteiger partial charge in [-0.05, 0) is 67.1 Å². The molecule has 0 bridgehead atoms. The van der Waals surface area contributed by atoms with Crippen LogP contribution in [0, 0.1) is 11.7 Å². The average molecular weight is 472 g/mol. The standard InChI is InChI=1S/C27H35F2N3O2/c1-19(2)18-34-24-11-7-21(8-12-24)16-32(26-14-23-4-3-13-31(23)17-25(26)29)27(33)30-15-20-5-9-22(28)10-6-20/h5-12,19,23,25-26H,3-4,13-18H2,1-2H3,(H,30,33)/t23-,25-,26-/m0/s1. The highest BCUT2D eigenvalue weighted by molar-refractivity contribution is 5.74. The second kappa shape index (κ2) is 11.2. The highest BCUT2D eigenvalue weighted by Gasteiger charge is 2.42. The van der Waals surface area contributed by atoms with Crippen molar-refractivity contribution in [1.29, 1.82) is 0 Å². The smallest absolute Gasteiger partial charge is 0.318 e. The fraction of sp³-hybridized carbons (Fsp3) is 0.519. The molecular formula is C27H35F2N3O2. The number of nitrogens with zero attached hydrogens (tertiary/aromatic N) is 2. The SMILES string of the molecule is CC(C)COc1ccc(CN(C(=O)NCc2ccc(F)cc2)[C@H]2C[C@@H]3CCCN3C[C@@H]2F)cc1. The van der Waals surface area contributed by atoms with Gasteiger partial charge in [-0.15, -0.1) is 0 Å². The van der Waals surface area contributed by atoms with Gasteiger partial charge in [0.1, 0.15) is 17.7 Å². The van der Waals surface area contributed by atoms with Crippen LogP contribution in [0.25, 0.3) is 0 Å². The predicted molar refractivity (Wildman–Crippen MR) is 129 cm³/mol. The van der Waals surface area contributed by atoms with Crippen LogP contribution in [0.4, 0.5) is 13.6 Å². The molecule has 1 N–H and O–H groups in total. The minimum absolute atomic E-state index is 0.261. The van der Waals surface area contributed by atoms with Gasteiger partial charge in [-0.2, -0.15) is 0 Å². The van der Waals surface area contributed by atoms with E-state index in [0.717, 1.165) is 36.3 Å². The fourth-order valence-electron chi connectivity index (χ4n) is 4.87. The number of hydrogen-bond acceptors (Lipinski definition) is 3. The lowest BCUT2D eigenvalue weighted by molar-refractivity contribution is 0.0311. The summed E-state index contributed by atoms with van der Waals surface area (Å²) < 4.78 is 34.3. The summed E-state index contributed by atoms with van der Waals surface area (Å²) in [6, 6.07) is 13.3. The monoisotopic (exact) mass is 471 g/mol. The lowest BCUT2D eigenvalue weighted by Crippen LogP contribution is -2.57. The number of nitrogens with one attached hydrogen (secondary N) is 1. The van der Waals surface area contributed by atoms with E-state index >= 15 is 4.39 Å². The minimum atomic E-state index is -1.10. The Balaban J connectivity index is 1.47. The molecule has 2 aromatic carbocycles. The summed E-state index contributed by atoms with van der Waals surface area (Å²) in [7, 11) is 0. The van der Waals surface area contributed by atoms with Crippen LogP contribution in [-0.4, -0.2) is 53.8 Å². The number of urea groups is 1. The van der Waals surface area contributed by atoms with Crippen molar-refractivity contribution in [1.82, 2.24) is 15.1 Å². The Kier molecular flexibility index (Phi) is 8.03. The van der Waals surface area contributed by atoms with Crippen molar-refractivity contribution in [2.45, 2.75) is 64.5 Å². The zero-order valence-electron chi connectivity index (χ0n) is 20.1. The molecule has 2 heterocycles. The Morgan fingerprint density at radius 1 is 1.15 bits per heavy atom. The topological polar surface area (TPSA) is 44.8 Å². The molecule has 2 aliphatic rings. The Hall–Kier alpha value is -2.67. The molecule has 2 aliphatic heterocycles. The first-order chi connectivity index (χ1) is 16.4. The Morgan fingerprint density at radius 2 is 1.85 bits per heavy atom. The van der Waals surface area contributed by atoms with Gasteiger partial charge in [0.2, 0.25) is 0 Å². The van der Waals surface area contributed by atoms with Crippen molar-refractivity contribution in [3.05, 3.63) is 65.5 Å². The first-order valence-corrected chi connectivity index (χ1v) is 12.3. The third kappa shape index (κ3) is 6.26. The molecule has 0 radical (unpaired) electrons. The van der Waals surface area contributed by atoms with Crippen molar-refractivity contribution in [3.8, 4) is 5.75 Å². The summed E-state index contributed by atoms with van der Waals surface area (Å²) in [5, 5.41) is 2.92. The summed E-state index contributed by atoms with van der Waals surface area (Å²) in [4.78, 5) is 17.2. The van der Waals surface area contributed by atoms with Crippen LogP contribution >= 0.6 is 0 Å². The number of rotatable bonds is 8. The number of hydrogen-bond donors (Lipinski definition) is 1. The van der Waals surface area contributed by atoms with E-state index in [9.17, 15) is 9.18 Å². The largest absolute Gasteiger partial charge is 0.493 e. The molecule has 5 nitrogen and oxygen atoms in total. The van der Waals surface area contributed by atoms with Crippen molar-refractivity contribution in [2.24, 2.45) is 5.92 Å². The number of carbonyl (C=O) groups is 1. The maximum absolute atomic E-state index is 15.3. The molecule has 0 aliphatic carbocycles. The maximum atomic E-state index is 15.3. The molecule has 4 rings (SSSR count). The van der Waals surface area contributed by atoms with Crippen LogP contribution in [0.2, 0.25) is 0 Å². The maximum Gasteiger partial charge on any atom is 0.318 e. The van der Waals surface area contributed by atoms with E-state index in [0.29, 0.717) is 38.1 Å². The van der Waals surface area contributed by atoms with Gasteiger partial charge in [0, 0.05) is 25.7 Å². The molecule has 0 unspecified atom stereocenters. The summed E-state index contributed by atoms with van der Waals surface area (Å²) in [6.45, 7) is 6.72. The normalized spacial score (nSPS) is 22.4. The van der Waals surface area contributed by atoms with Crippen LogP contribution < -0.4 is 10.1 Å². The van der Waals surface area contributed by atoms with E-state index in [1.54, 1.807) is 17.0 Å². The molecule has 3 atom stereocenters. The van der Waals surface area contributed by atoms with Crippen LogP contribution in [-0.2, 0) is 13.1 Å². The molecule has 34 heavy (non-hydrogen) atoms. The molecule has 2 aromatic rings. The number of benzene rings is 2. The number of piperidine rings is 1. The summed E-state index contributed by atoms with van der Waals surface area (Å²) in [5.41, 5.74) is 1.72. The van der Waals surface area contributed by atoms with Gasteiger partial charge in [0.15, 0.2) is 0 Å². The third-order valence-corrected chi connectivity index (χ3v) is 6.72. The van der Waals surface area contributed by atoms with Crippen LogP contribution in [0.1, 0.15) is 44.2 Å². The quantitative estimate of drug-likeness (QED) is 0.579. The number of fused-ring (bicyclic) bond motifs is 1. The van der Waals surface area contributed by atoms with Crippen molar-refractivity contribution < 1.29 is 18.3 Å². The summed E-state index contributed by atoms with van der Waals surface area (Å²) >= 11 is 0. The lowest BCUT2D eigenvalue weighted by Gasteiger charge is -2.42. The Labute approximate surface area is 201 Å². The van der Waals surface area contributed by atoms with E-state index in [4.69, 9.17) is 4.74 Å². The average Bonchev–Trinajstić information content (AvgIpc) is 3.28. The van der Waals surface area contributed by atoms with Gasteiger partial charge in [-0.1, -0.05) is 38.1 Å².